The number of aromatic nitrogens is 2. The highest BCUT2D eigenvalue weighted by Gasteiger charge is 2.23. The van der Waals surface area contributed by atoms with Crippen LogP contribution in [0.2, 0.25) is 0 Å². The maximum atomic E-state index is 12.2. The first-order valence-electron chi connectivity index (χ1n) is 8.24. The van der Waals surface area contributed by atoms with Crippen molar-refractivity contribution in [2.24, 2.45) is 0 Å². The highest BCUT2D eigenvalue weighted by Crippen LogP contribution is 2.29. The van der Waals surface area contributed by atoms with Crippen LogP contribution in [0.25, 0.3) is 16.6 Å². The topological polar surface area (TPSA) is 64.4 Å². The summed E-state index contributed by atoms with van der Waals surface area (Å²) in [6.45, 7) is 7.39. The molecule has 0 fully saturated rings. The molecule has 1 atom stereocenters. The van der Waals surface area contributed by atoms with Crippen molar-refractivity contribution < 1.29 is 14.6 Å². The normalized spacial score (nSPS) is 13.0. The van der Waals surface area contributed by atoms with Crippen molar-refractivity contribution in [1.82, 2.24) is 9.55 Å². The number of nitrogens with zero attached hydrogens (tertiary/aromatic N) is 2. The Morgan fingerprint density at radius 3 is 2.48 bits per heavy atom. The highest BCUT2D eigenvalue weighted by atomic mass is 16.6. The fourth-order valence-electron chi connectivity index (χ4n) is 2.67. The largest absolute Gasteiger partial charge is 0.494 e. The van der Waals surface area contributed by atoms with Gasteiger partial charge in [0.2, 0.25) is 5.88 Å². The van der Waals surface area contributed by atoms with Crippen molar-refractivity contribution >= 4 is 16.9 Å². The molecule has 1 N–H and O–H groups in total. The van der Waals surface area contributed by atoms with E-state index in [9.17, 15) is 9.90 Å². The predicted molar refractivity (Wildman–Crippen MR) is 97.0 cm³/mol. The molecule has 1 aromatic carbocycles. The minimum atomic E-state index is -0.505. The van der Waals surface area contributed by atoms with Crippen molar-refractivity contribution in [3.63, 3.8) is 0 Å². The van der Waals surface area contributed by atoms with Gasteiger partial charge in [-0.2, -0.15) is 0 Å². The molecule has 3 aromatic rings. The van der Waals surface area contributed by atoms with Gasteiger partial charge in [-0.05, 0) is 57.5 Å². The Bertz CT molecular complexity index is 905. The molecule has 3 rings (SSSR count). The van der Waals surface area contributed by atoms with Gasteiger partial charge in [-0.15, -0.1) is 0 Å². The van der Waals surface area contributed by atoms with Crippen molar-refractivity contribution in [2.75, 3.05) is 0 Å². The van der Waals surface area contributed by atoms with Gasteiger partial charge >= 0.3 is 5.97 Å². The molecule has 5 nitrogen and oxygen atoms in total. The van der Waals surface area contributed by atoms with Crippen LogP contribution in [0.1, 0.15) is 39.2 Å². The Labute approximate surface area is 146 Å². The Morgan fingerprint density at radius 1 is 1.20 bits per heavy atom. The molecule has 0 saturated heterocycles. The number of aromatic hydroxyl groups is 1. The van der Waals surface area contributed by atoms with E-state index >= 15 is 0 Å². The second-order valence-corrected chi connectivity index (χ2v) is 7.11. The smallest absolute Gasteiger partial charge is 0.313 e. The van der Waals surface area contributed by atoms with E-state index in [0.29, 0.717) is 5.39 Å². The van der Waals surface area contributed by atoms with Crippen molar-refractivity contribution in [2.45, 2.75) is 39.2 Å². The Morgan fingerprint density at radius 2 is 1.88 bits per heavy atom. The van der Waals surface area contributed by atoms with Crippen molar-refractivity contribution in [3.8, 4) is 11.6 Å². The van der Waals surface area contributed by atoms with Crippen molar-refractivity contribution in [1.29, 1.82) is 0 Å². The molecule has 0 aliphatic carbocycles. The van der Waals surface area contributed by atoms with Crippen LogP contribution in [0.5, 0.6) is 5.88 Å². The van der Waals surface area contributed by atoms with Gasteiger partial charge in [0.1, 0.15) is 5.60 Å². The zero-order valence-electron chi connectivity index (χ0n) is 14.9. The van der Waals surface area contributed by atoms with E-state index in [2.05, 4.69) is 4.98 Å². The number of carbonyl (C=O) groups excluding carboxylic acids is 1. The molecule has 0 aliphatic rings. The molecule has 130 valence electrons. The number of esters is 1. The molecule has 25 heavy (non-hydrogen) atoms. The minimum absolute atomic E-state index is 0.149. The number of rotatable bonds is 3. The molecular formula is C20H22N2O3. The molecule has 2 heterocycles. The van der Waals surface area contributed by atoms with Crippen LogP contribution in [0, 0.1) is 0 Å². The molecule has 0 spiro atoms. The molecule has 2 aromatic heterocycles. The van der Waals surface area contributed by atoms with E-state index < -0.39 is 5.60 Å². The van der Waals surface area contributed by atoms with Gasteiger partial charge in [0.05, 0.1) is 16.8 Å². The fraction of sp³-hybridized carbons (Fsp3) is 0.300. The van der Waals surface area contributed by atoms with Crippen LogP contribution >= 0.6 is 0 Å². The lowest BCUT2D eigenvalue weighted by molar-refractivity contribution is -0.156. The average Bonchev–Trinajstić information content (AvgIpc) is 2.90. The Kier molecular flexibility index (Phi) is 4.25. The van der Waals surface area contributed by atoms with Gasteiger partial charge in [-0.25, -0.2) is 0 Å². The summed E-state index contributed by atoms with van der Waals surface area (Å²) in [5.41, 5.74) is 1.89. The van der Waals surface area contributed by atoms with E-state index in [1.807, 2.05) is 58.0 Å². The van der Waals surface area contributed by atoms with E-state index in [1.54, 1.807) is 23.0 Å². The van der Waals surface area contributed by atoms with Crippen molar-refractivity contribution in [3.05, 3.63) is 54.4 Å². The zero-order valence-corrected chi connectivity index (χ0v) is 14.9. The zero-order chi connectivity index (χ0) is 18.2. The monoisotopic (exact) mass is 338 g/mol. The van der Waals surface area contributed by atoms with Gasteiger partial charge in [-0.1, -0.05) is 12.1 Å². The fourth-order valence-corrected chi connectivity index (χ4v) is 2.67. The number of benzene rings is 1. The molecule has 0 saturated carbocycles. The second kappa shape index (κ2) is 6.24. The third-order valence-electron chi connectivity index (χ3n) is 3.99. The van der Waals surface area contributed by atoms with E-state index in [-0.39, 0.29) is 17.8 Å². The van der Waals surface area contributed by atoms with Gasteiger partial charge in [0.15, 0.2) is 0 Å². The molecule has 5 heteroatoms. The van der Waals surface area contributed by atoms with Crippen LogP contribution in [-0.2, 0) is 9.53 Å². The second-order valence-electron chi connectivity index (χ2n) is 7.11. The lowest BCUT2D eigenvalue weighted by atomic mass is 10.0. The number of hydrogen-bond donors (Lipinski definition) is 1. The van der Waals surface area contributed by atoms with Crippen LogP contribution in [-0.4, -0.2) is 26.2 Å². The maximum absolute atomic E-state index is 12.2. The molecule has 1 unspecified atom stereocenters. The summed E-state index contributed by atoms with van der Waals surface area (Å²) in [5, 5.41) is 11.1. The van der Waals surface area contributed by atoms with Crippen LogP contribution in [0.4, 0.5) is 0 Å². The van der Waals surface area contributed by atoms with E-state index in [0.717, 1.165) is 16.8 Å². The average molecular weight is 338 g/mol. The molecule has 0 aliphatic heterocycles. The predicted octanol–water partition coefficient (Wildman–Crippen LogP) is 4.18. The number of carbonyl (C=O) groups is 1. The number of hydrogen-bond acceptors (Lipinski definition) is 4. The third-order valence-corrected chi connectivity index (χ3v) is 3.99. The Hall–Kier alpha value is -2.82. The molecule has 0 radical (unpaired) electrons. The summed E-state index contributed by atoms with van der Waals surface area (Å²) in [6.07, 6.45) is 3.48. The summed E-state index contributed by atoms with van der Waals surface area (Å²) < 4.78 is 7.12. The maximum Gasteiger partial charge on any atom is 0.313 e. The van der Waals surface area contributed by atoms with Gasteiger partial charge in [-0.3, -0.25) is 14.3 Å². The number of fused-ring (bicyclic) bond motifs is 1. The van der Waals surface area contributed by atoms with Crippen LogP contribution in [0.15, 0.2) is 48.8 Å². The first-order valence-corrected chi connectivity index (χ1v) is 8.24. The van der Waals surface area contributed by atoms with Gasteiger partial charge in [0, 0.05) is 18.1 Å². The number of pyridine rings is 1. The SMILES string of the molecule is CC(C(=O)OC(C)(C)C)c1ccc(-n2cc3ncccc3c2O)cc1. The lowest BCUT2D eigenvalue weighted by Crippen LogP contribution is -2.26. The minimum Gasteiger partial charge on any atom is -0.494 e. The number of ether oxygens (including phenoxy) is 1. The summed E-state index contributed by atoms with van der Waals surface area (Å²) in [4.78, 5) is 16.5. The Balaban J connectivity index is 1.87. The first kappa shape index (κ1) is 17.0. The standard InChI is InChI=1S/C20H22N2O3/c1-13(19(24)25-20(2,3)4)14-7-9-15(10-8-14)22-12-17-16(18(22)23)6-5-11-21-17/h5-13,23H,1-4H3. The van der Waals surface area contributed by atoms with Gasteiger partial charge < -0.3 is 9.84 Å². The highest BCUT2D eigenvalue weighted by molar-refractivity contribution is 5.85. The summed E-state index contributed by atoms with van der Waals surface area (Å²) in [7, 11) is 0. The third kappa shape index (κ3) is 3.50. The first-order chi connectivity index (χ1) is 11.8. The van der Waals surface area contributed by atoms with Crippen LogP contribution in [0.3, 0.4) is 0 Å². The van der Waals surface area contributed by atoms with E-state index in [1.165, 1.54) is 0 Å². The van der Waals surface area contributed by atoms with E-state index in [4.69, 9.17) is 4.74 Å². The summed E-state index contributed by atoms with van der Waals surface area (Å²) in [6, 6.07) is 11.1. The molecule has 0 bridgehead atoms. The summed E-state index contributed by atoms with van der Waals surface area (Å²) in [5.74, 6) is -0.456. The van der Waals surface area contributed by atoms with Crippen LogP contribution < -0.4 is 0 Å². The molecular weight excluding hydrogens is 316 g/mol. The quantitative estimate of drug-likeness (QED) is 0.728. The summed E-state index contributed by atoms with van der Waals surface area (Å²) >= 11 is 0. The molecule has 0 amide bonds. The van der Waals surface area contributed by atoms with Gasteiger partial charge in [0.25, 0.3) is 0 Å². The lowest BCUT2D eigenvalue weighted by Gasteiger charge is -2.22.